The molecule has 8 nitrogen and oxygen atoms in total. The van der Waals surface area contributed by atoms with Crippen molar-refractivity contribution in [1.82, 2.24) is 4.31 Å². The van der Waals surface area contributed by atoms with Crippen molar-refractivity contribution in [1.29, 1.82) is 0 Å². The van der Waals surface area contributed by atoms with Crippen molar-refractivity contribution in [3.8, 4) is 17.2 Å². The zero-order valence-corrected chi connectivity index (χ0v) is 22.6. The summed E-state index contributed by atoms with van der Waals surface area (Å²) in [4.78, 5) is 25.6. The van der Waals surface area contributed by atoms with E-state index >= 15 is 0 Å². The highest BCUT2D eigenvalue weighted by Crippen LogP contribution is 2.39. The first-order valence-corrected chi connectivity index (χ1v) is 13.6. The minimum atomic E-state index is -5.09. The molecule has 40 heavy (non-hydrogen) atoms. The highest BCUT2D eigenvalue weighted by atomic mass is 35.5. The van der Waals surface area contributed by atoms with E-state index in [-0.39, 0.29) is 40.4 Å². The molecule has 0 aliphatic heterocycles. The first kappa shape index (κ1) is 29.1. The van der Waals surface area contributed by atoms with E-state index in [9.17, 15) is 31.2 Å². The van der Waals surface area contributed by atoms with E-state index in [0.29, 0.717) is 5.02 Å². The zero-order chi connectivity index (χ0) is 29.2. The number of esters is 1. The third kappa shape index (κ3) is 5.98. The molecule has 4 aromatic rings. The number of halogens is 4. The number of hydrogen-bond donors (Lipinski definition) is 0. The second-order valence-corrected chi connectivity index (χ2v) is 10.7. The summed E-state index contributed by atoms with van der Waals surface area (Å²) in [5.74, 6) is -3.92. The Bertz CT molecular complexity index is 1720. The van der Waals surface area contributed by atoms with Crippen molar-refractivity contribution in [3.63, 3.8) is 0 Å². The molecule has 0 bridgehead atoms. The van der Waals surface area contributed by atoms with Crippen molar-refractivity contribution < 1.29 is 40.3 Å². The molecule has 4 rings (SSSR count). The van der Waals surface area contributed by atoms with Crippen LogP contribution in [0.4, 0.5) is 13.2 Å². The lowest BCUT2D eigenvalue weighted by Gasteiger charge is -2.18. The maximum absolute atomic E-state index is 13.8. The summed E-state index contributed by atoms with van der Waals surface area (Å²) >= 11 is 5.79. The maximum Gasteiger partial charge on any atom is 0.453 e. The fourth-order valence-electron chi connectivity index (χ4n) is 3.76. The standard InChI is InChI=1S/C27H21ClF3NO7S/c1-3-32(4-2)40(35,36)20-12-5-16(6-13-20)26(34)38-19-11-14-21-22(15-19)39-25(27(29,30)31)24(23(21)33)37-18-9-7-17(28)8-10-18/h5-15H,3-4H2,1-2H3. The van der Waals surface area contributed by atoms with Gasteiger partial charge in [-0.05, 0) is 60.7 Å². The molecular formula is C27H21ClF3NO7S. The Morgan fingerprint density at radius 1 is 0.950 bits per heavy atom. The molecule has 0 radical (unpaired) electrons. The molecular weight excluding hydrogens is 575 g/mol. The van der Waals surface area contributed by atoms with Crippen molar-refractivity contribution in [2.75, 3.05) is 13.1 Å². The van der Waals surface area contributed by atoms with E-state index in [1.54, 1.807) is 13.8 Å². The van der Waals surface area contributed by atoms with Gasteiger partial charge in [0.15, 0.2) is 0 Å². The van der Waals surface area contributed by atoms with E-state index < -0.39 is 44.7 Å². The van der Waals surface area contributed by atoms with Crippen LogP contribution in [0.2, 0.25) is 5.02 Å². The van der Waals surface area contributed by atoms with E-state index in [4.69, 9.17) is 25.5 Å². The van der Waals surface area contributed by atoms with E-state index in [1.807, 2.05) is 0 Å². The second kappa shape index (κ2) is 11.3. The topological polar surface area (TPSA) is 103 Å². The number of hydrogen-bond acceptors (Lipinski definition) is 7. The van der Waals surface area contributed by atoms with Crippen LogP contribution < -0.4 is 14.9 Å². The Hall–Kier alpha value is -3.87. The molecule has 0 aliphatic carbocycles. The zero-order valence-electron chi connectivity index (χ0n) is 21.0. The Kier molecular flexibility index (Phi) is 8.24. The normalized spacial score (nSPS) is 12.1. The monoisotopic (exact) mass is 595 g/mol. The lowest BCUT2D eigenvalue weighted by atomic mass is 10.2. The van der Waals surface area contributed by atoms with Crippen LogP contribution in [-0.4, -0.2) is 31.8 Å². The molecule has 0 fully saturated rings. The van der Waals surface area contributed by atoms with Crippen molar-refractivity contribution in [3.05, 3.63) is 93.3 Å². The summed E-state index contributed by atoms with van der Waals surface area (Å²) in [6.45, 7) is 3.93. The highest BCUT2D eigenvalue weighted by Gasteiger charge is 2.40. The van der Waals surface area contributed by atoms with Crippen molar-refractivity contribution in [2.45, 2.75) is 24.9 Å². The van der Waals surface area contributed by atoms with Gasteiger partial charge in [0, 0.05) is 24.2 Å². The van der Waals surface area contributed by atoms with Gasteiger partial charge in [0.1, 0.15) is 17.1 Å². The van der Waals surface area contributed by atoms with Gasteiger partial charge in [-0.25, -0.2) is 13.2 Å². The Labute approximate surface area is 231 Å². The van der Waals surface area contributed by atoms with Crippen LogP contribution in [0.15, 0.2) is 80.8 Å². The SMILES string of the molecule is CCN(CC)S(=O)(=O)c1ccc(C(=O)Oc2ccc3c(=O)c(Oc4ccc(Cl)cc4)c(C(F)(F)F)oc3c2)cc1. The minimum Gasteiger partial charge on any atom is -0.449 e. The molecule has 0 unspecified atom stereocenters. The third-order valence-corrected chi connectivity index (χ3v) is 8.07. The summed E-state index contributed by atoms with van der Waals surface area (Å²) in [6, 6.07) is 13.7. The smallest absolute Gasteiger partial charge is 0.449 e. The van der Waals surface area contributed by atoms with Gasteiger partial charge >= 0.3 is 12.1 Å². The quantitative estimate of drug-likeness (QED) is 0.169. The summed E-state index contributed by atoms with van der Waals surface area (Å²) < 4.78 is 83.4. The number of benzene rings is 3. The number of carbonyl (C=O) groups excluding carboxylic acids is 1. The van der Waals surface area contributed by atoms with Gasteiger partial charge in [-0.3, -0.25) is 4.79 Å². The van der Waals surface area contributed by atoms with Crippen LogP contribution in [0.1, 0.15) is 30.0 Å². The molecule has 0 amide bonds. The van der Waals surface area contributed by atoms with Gasteiger partial charge in [0.2, 0.25) is 21.2 Å². The molecule has 0 spiro atoms. The molecule has 0 atom stereocenters. The molecule has 3 aromatic carbocycles. The molecule has 13 heteroatoms. The van der Waals surface area contributed by atoms with Crippen molar-refractivity contribution in [2.24, 2.45) is 0 Å². The van der Waals surface area contributed by atoms with Gasteiger partial charge in [-0.1, -0.05) is 25.4 Å². The second-order valence-electron chi connectivity index (χ2n) is 8.30. The number of alkyl halides is 3. The number of nitrogens with zero attached hydrogens (tertiary/aromatic N) is 1. The number of ether oxygens (including phenoxy) is 2. The summed E-state index contributed by atoms with van der Waals surface area (Å²) in [5.41, 5.74) is -1.60. The Morgan fingerprint density at radius 2 is 1.55 bits per heavy atom. The first-order chi connectivity index (χ1) is 18.8. The van der Waals surface area contributed by atoms with Gasteiger partial charge in [0.05, 0.1) is 15.8 Å². The minimum absolute atomic E-state index is 0.0114. The van der Waals surface area contributed by atoms with Crippen LogP contribution in [-0.2, 0) is 16.2 Å². The van der Waals surface area contributed by atoms with Crippen LogP contribution in [0.5, 0.6) is 17.2 Å². The van der Waals surface area contributed by atoms with E-state index in [2.05, 4.69) is 0 Å². The average Bonchev–Trinajstić information content (AvgIpc) is 2.91. The predicted molar refractivity (Wildman–Crippen MR) is 141 cm³/mol. The van der Waals surface area contributed by atoms with E-state index in [0.717, 1.165) is 12.1 Å². The third-order valence-electron chi connectivity index (χ3n) is 5.76. The highest BCUT2D eigenvalue weighted by molar-refractivity contribution is 7.89. The molecule has 0 saturated heterocycles. The lowest BCUT2D eigenvalue weighted by Crippen LogP contribution is -2.30. The average molecular weight is 596 g/mol. The fourth-order valence-corrected chi connectivity index (χ4v) is 5.35. The van der Waals surface area contributed by atoms with Crippen LogP contribution in [0.3, 0.4) is 0 Å². The lowest BCUT2D eigenvalue weighted by molar-refractivity contribution is -0.154. The molecule has 0 aliphatic rings. The van der Waals surface area contributed by atoms with Crippen LogP contribution in [0, 0.1) is 0 Å². The summed E-state index contributed by atoms with van der Waals surface area (Å²) in [7, 11) is -3.74. The van der Waals surface area contributed by atoms with Gasteiger partial charge in [-0.15, -0.1) is 0 Å². The van der Waals surface area contributed by atoms with Crippen LogP contribution in [0.25, 0.3) is 11.0 Å². The Morgan fingerprint density at radius 3 is 2.12 bits per heavy atom. The van der Waals surface area contributed by atoms with E-state index in [1.165, 1.54) is 58.9 Å². The number of fused-ring (bicyclic) bond motifs is 1. The summed E-state index contributed by atoms with van der Waals surface area (Å²) in [6.07, 6.45) is -5.09. The molecule has 0 N–H and O–H groups in total. The molecule has 210 valence electrons. The fraction of sp³-hybridized carbons (Fsp3) is 0.185. The predicted octanol–water partition coefficient (Wildman–Crippen LogP) is 6.51. The molecule has 1 aromatic heterocycles. The number of carbonyl (C=O) groups is 1. The first-order valence-electron chi connectivity index (χ1n) is 11.8. The van der Waals surface area contributed by atoms with Gasteiger partial charge in [0.25, 0.3) is 5.76 Å². The van der Waals surface area contributed by atoms with Gasteiger partial charge < -0.3 is 13.9 Å². The number of sulfonamides is 1. The maximum atomic E-state index is 13.8. The summed E-state index contributed by atoms with van der Waals surface area (Å²) in [5, 5.41) is 0.0688. The largest absolute Gasteiger partial charge is 0.453 e. The van der Waals surface area contributed by atoms with Crippen LogP contribution >= 0.6 is 11.6 Å². The molecule has 0 saturated carbocycles. The number of rotatable bonds is 8. The molecule has 1 heterocycles. The van der Waals surface area contributed by atoms with Gasteiger partial charge in [-0.2, -0.15) is 17.5 Å². The Balaban J connectivity index is 1.64. The van der Waals surface area contributed by atoms with Crippen molar-refractivity contribution >= 4 is 38.6 Å².